The van der Waals surface area contributed by atoms with Crippen molar-refractivity contribution in [2.45, 2.75) is 58.4 Å². The SMILES string of the molecule is CCCC(CCC)C(=O)N1CC2CCC(N)C2C1.Cl. The van der Waals surface area contributed by atoms with Gasteiger partial charge >= 0.3 is 0 Å². The highest BCUT2D eigenvalue weighted by Crippen LogP contribution is 2.38. The van der Waals surface area contributed by atoms with Gasteiger partial charge in [-0.15, -0.1) is 12.4 Å². The predicted molar refractivity (Wildman–Crippen MR) is 81.3 cm³/mol. The average molecular weight is 289 g/mol. The molecule has 1 aliphatic carbocycles. The molecule has 0 radical (unpaired) electrons. The molecule has 2 rings (SSSR count). The van der Waals surface area contributed by atoms with Crippen LogP contribution in [-0.4, -0.2) is 29.9 Å². The Bertz CT molecular complexity index is 292. The number of rotatable bonds is 5. The van der Waals surface area contributed by atoms with Gasteiger partial charge in [0, 0.05) is 25.0 Å². The molecule has 3 unspecified atom stereocenters. The smallest absolute Gasteiger partial charge is 0.225 e. The van der Waals surface area contributed by atoms with Crippen LogP contribution in [-0.2, 0) is 4.79 Å². The van der Waals surface area contributed by atoms with E-state index in [2.05, 4.69) is 18.7 Å². The number of amides is 1. The lowest BCUT2D eigenvalue weighted by atomic mass is 9.96. The maximum absolute atomic E-state index is 12.5. The lowest BCUT2D eigenvalue weighted by molar-refractivity contribution is -0.135. The first-order valence-electron chi connectivity index (χ1n) is 7.71. The minimum atomic E-state index is 0. The van der Waals surface area contributed by atoms with Gasteiger partial charge in [-0.2, -0.15) is 0 Å². The first-order chi connectivity index (χ1) is 8.67. The number of hydrogen-bond donors (Lipinski definition) is 1. The van der Waals surface area contributed by atoms with E-state index in [1.54, 1.807) is 0 Å². The van der Waals surface area contributed by atoms with Crippen LogP contribution in [0.2, 0.25) is 0 Å². The third-order valence-corrected chi connectivity index (χ3v) is 4.85. The number of hydrogen-bond acceptors (Lipinski definition) is 2. The molecule has 1 saturated heterocycles. The van der Waals surface area contributed by atoms with Crippen LogP contribution < -0.4 is 5.73 Å². The Morgan fingerprint density at radius 2 is 1.84 bits per heavy atom. The lowest BCUT2D eigenvalue weighted by Crippen LogP contribution is -2.37. The minimum absolute atomic E-state index is 0. The molecule has 19 heavy (non-hydrogen) atoms. The van der Waals surface area contributed by atoms with E-state index in [1.807, 2.05) is 0 Å². The van der Waals surface area contributed by atoms with Crippen molar-refractivity contribution in [3.8, 4) is 0 Å². The van der Waals surface area contributed by atoms with Crippen LogP contribution in [0.1, 0.15) is 52.4 Å². The second-order valence-corrected chi connectivity index (χ2v) is 6.18. The van der Waals surface area contributed by atoms with Crippen LogP contribution in [0, 0.1) is 17.8 Å². The van der Waals surface area contributed by atoms with E-state index >= 15 is 0 Å². The Kier molecular flexibility index (Phi) is 6.61. The van der Waals surface area contributed by atoms with Crippen molar-refractivity contribution in [3.63, 3.8) is 0 Å². The van der Waals surface area contributed by atoms with E-state index < -0.39 is 0 Å². The number of halogens is 1. The summed E-state index contributed by atoms with van der Waals surface area (Å²) in [6.07, 6.45) is 6.69. The standard InChI is InChI=1S/C15H28N2O.ClH/c1-3-5-11(6-4-2)15(18)17-9-12-7-8-14(16)13(12)10-17;/h11-14H,3-10,16H2,1-2H3;1H. The second-order valence-electron chi connectivity index (χ2n) is 6.18. The van der Waals surface area contributed by atoms with Gasteiger partial charge in [0.15, 0.2) is 0 Å². The zero-order valence-corrected chi connectivity index (χ0v) is 13.1. The summed E-state index contributed by atoms with van der Waals surface area (Å²) in [6, 6.07) is 0.337. The Hall–Kier alpha value is -0.280. The first-order valence-corrected chi connectivity index (χ1v) is 7.71. The van der Waals surface area contributed by atoms with Gasteiger partial charge < -0.3 is 10.6 Å². The molecule has 2 fully saturated rings. The largest absolute Gasteiger partial charge is 0.342 e. The van der Waals surface area contributed by atoms with Crippen LogP contribution >= 0.6 is 12.4 Å². The molecule has 1 heterocycles. The molecule has 112 valence electrons. The summed E-state index contributed by atoms with van der Waals surface area (Å²) in [6.45, 7) is 6.24. The summed E-state index contributed by atoms with van der Waals surface area (Å²) >= 11 is 0. The number of carbonyl (C=O) groups excluding carboxylic acids is 1. The summed E-state index contributed by atoms with van der Waals surface area (Å²) in [5.41, 5.74) is 6.14. The third-order valence-electron chi connectivity index (χ3n) is 4.85. The van der Waals surface area contributed by atoms with Gasteiger partial charge in [-0.05, 0) is 37.5 Å². The fourth-order valence-corrected chi connectivity index (χ4v) is 3.83. The van der Waals surface area contributed by atoms with Crippen molar-refractivity contribution >= 4 is 18.3 Å². The van der Waals surface area contributed by atoms with Crippen molar-refractivity contribution < 1.29 is 4.79 Å². The topological polar surface area (TPSA) is 46.3 Å². The van der Waals surface area contributed by atoms with Gasteiger partial charge in [-0.25, -0.2) is 0 Å². The number of nitrogens with zero attached hydrogens (tertiary/aromatic N) is 1. The van der Waals surface area contributed by atoms with E-state index in [1.165, 1.54) is 6.42 Å². The predicted octanol–water partition coefficient (Wildman–Crippen LogP) is 2.82. The Morgan fingerprint density at radius 3 is 2.37 bits per heavy atom. The highest BCUT2D eigenvalue weighted by atomic mass is 35.5. The van der Waals surface area contributed by atoms with Gasteiger partial charge in [0.1, 0.15) is 0 Å². The quantitative estimate of drug-likeness (QED) is 0.845. The summed E-state index contributed by atoms with van der Waals surface area (Å²) in [4.78, 5) is 14.7. The lowest BCUT2D eigenvalue weighted by Gasteiger charge is -2.24. The van der Waals surface area contributed by atoms with Gasteiger partial charge in [0.25, 0.3) is 0 Å². The Balaban J connectivity index is 0.00000180. The van der Waals surface area contributed by atoms with Crippen molar-refractivity contribution in [3.05, 3.63) is 0 Å². The number of nitrogens with two attached hydrogens (primary N) is 1. The number of carbonyl (C=O) groups is 1. The third kappa shape index (κ3) is 3.63. The van der Waals surface area contributed by atoms with Crippen molar-refractivity contribution in [2.75, 3.05) is 13.1 Å². The molecule has 1 aliphatic heterocycles. The molecule has 3 atom stereocenters. The number of fused-ring (bicyclic) bond motifs is 1. The Morgan fingerprint density at radius 1 is 1.21 bits per heavy atom. The summed E-state index contributed by atoms with van der Waals surface area (Å²) < 4.78 is 0. The molecule has 0 aromatic heterocycles. The monoisotopic (exact) mass is 288 g/mol. The van der Waals surface area contributed by atoms with Gasteiger partial charge in [-0.3, -0.25) is 4.79 Å². The zero-order chi connectivity index (χ0) is 13.1. The molecule has 3 nitrogen and oxygen atoms in total. The van der Waals surface area contributed by atoms with Gasteiger partial charge in [-0.1, -0.05) is 26.7 Å². The normalized spacial score (nSPS) is 29.5. The maximum Gasteiger partial charge on any atom is 0.225 e. The molecule has 2 N–H and O–H groups in total. The molecule has 2 aliphatic rings. The van der Waals surface area contributed by atoms with E-state index in [4.69, 9.17) is 5.73 Å². The maximum atomic E-state index is 12.5. The zero-order valence-electron chi connectivity index (χ0n) is 12.3. The average Bonchev–Trinajstić information content (AvgIpc) is 2.91. The van der Waals surface area contributed by atoms with Gasteiger partial charge in [0.05, 0.1) is 0 Å². The van der Waals surface area contributed by atoms with Crippen LogP contribution in [0.25, 0.3) is 0 Å². The van der Waals surface area contributed by atoms with Crippen LogP contribution in [0.15, 0.2) is 0 Å². The molecule has 0 aromatic carbocycles. The summed E-state index contributed by atoms with van der Waals surface area (Å²) in [7, 11) is 0. The Labute approximate surface area is 123 Å². The van der Waals surface area contributed by atoms with E-state index in [9.17, 15) is 4.79 Å². The van der Waals surface area contributed by atoms with E-state index in [0.29, 0.717) is 23.8 Å². The van der Waals surface area contributed by atoms with Crippen LogP contribution in [0.3, 0.4) is 0 Å². The highest BCUT2D eigenvalue weighted by Gasteiger charge is 2.43. The van der Waals surface area contributed by atoms with E-state index in [-0.39, 0.29) is 18.3 Å². The fourth-order valence-electron chi connectivity index (χ4n) is 3.83. The van der Waals surface area contributed by atoms with Crippen LogP contribution in [0.4, 0.5) is 0 Å². The first kappa shape index (κ1) is 16.8. The minimum Gasteiger partial charge on any atom is -0.342 e. The molecule has 0 spiro atoms. The summed E-state index contributed by atoms with van der Waals surface area (Å²) in [5, 5.41) is 0. The molecular weight excluding hydrogens is 260 g/mol. The summed E-state index contributed by atoms with van der Waals surface area (Å²) in [5.74, 6) is 1.93. The van der Waals surface area contributed by atoms with Crippen molar-refractivity contribution in [2.24, 2.45) is 23.5 Å². The van der Waals surface area contributed by atoms with E-state index in [0.717, 1.165) is 45.2 Å². The molecule has 4 heteroatoms. The second kappa shape index (κ2) is 7.49. The highest BCUT2D eigenvalue weighted by molar-refractivity contribution is 5.85. The molecule has 0 aromatic rings. The van der Waals surface area contributed by atoms with Crippen LogP contribution in [0.5, 0.6) is 0 Å². The fraction of sp³-hybridized carbons (Fsp3) is 0.933. The molecular formula is C15H29ClN2O. The molecule has 1 amide bonds. The number of likely N-dealkylation sites (tertiary alicyclic amines) is 1. The molecule has 0 bridgehead atoms. The molecule has 1 saturated carbocycles. The van der Waals surface area contributed by atoms with Crippen molar-refractivity contribution in [1.82, 2.24) is 4.90 Å². The van der Waals surface area contributed by atoms with Gasteiger partial charge in [0.2, 0.25) is 5.91 Å². The van der Waals surface area contributed by atoms with Crippen molar-refractivity contribution in [1.29, 1.82) is 0 Å².